The van der Waals surface area contributed by atoms with Gasteiger partial charge in [-0.2, -0.15) is 13.2 Å². The first-order valence-corrected chi connectivity index (χ1v) is 12.2. The number of aryl methyl sites for hydroxylation is 1. The Labute approximate surface area is 225 Å². The van der Waals surface area contributed by atoms with Gasteiger partial charge < -0.3 is 14.6 Å². The molecule has 2 heterocycles. The highest BCUT2D eigenvalue weighted by Crippen LogP contribution is 2.31. The lowest BCUT2D eigenvalue weighted by atomic mass is 10.1. The smallest absolute Gasteiger partial charge is 0.406 e. The third kappa shape index (κ3) is 6.32. The molecule has 0 aliphatic rings. The molecule has 0 aliphatic heterocycles. The molecule has 4 rings (SSSR count). The van der Waals surface area contributed by atoms with Gasteiger partial charge in [-0.15, -0.1) is 13.2 Å². The van der Waals surface area contributed by atoms with E-state index in [0.29, 0.717) is 0 Å². The summed E-state index contributed by atoms with van der Waals surface area (Å²) >= 11 is 0.850. The van der Waals surface area contributed by atoms with Crippen LogP contribution in [0.2, 0.25) is 0 Å². The summed E-state index contributed by atoms with van der Waals surface area (Å²) in [5.74, 6) is -1.36. The number of benzene rings is 2. The number of nitrogens with zero attached hydrogens (tertiary/aromatic N) is 4. The highest BCUT2D eigenvalue weighted by molar-refractivity contribution is 7.99. The summed E-state index contributed by atoms with van der Waals surface area (Å²) < 4.78 is 83.8. The fourth-order valence-corrected chi connectivity index (χ4v) is 4.57. The zero-order valence-corrected chi connectivity index (χ0v) is 21.4. The number of nitrogens with one attached hydrogen (secondary N) is 1. The molecule has 0 fully saturated rings. The van der Waals surface area contributed by atoms with Crippen molar-refractivity contribution in [2.45, 2.75) is 24.2 Å². The van der Waals surface area contributed by atoms with Crippen LogP contribution in [0.1, 0.15) is 11.1 Å². The number of hydrogen-bond acceptors (Lipinski definition) is 6. The van der Waals surface area contributed by atoms with Gasteiger partial charge in [0, 0.05) is 19.8 Å². The van der Waals surface area contributed by atoms with Crippen molar-refractivity contribution in [3.63, 3.8) is 0 Å². The van der Waals surface area contributed by atoms with E-state index < -0.39 is 41.0 Å². The number of thioether (sulfide) groups is 1. The van der Waals surface area contributed by atoms with E-state index in [4.69, 9.17) is 0 Å². The molecule has 1 N–H and O–H groups in total. The van der Waals surface area contributed by atoms with Crippen molar-refractivity contribution in [2.75, 3.05) is 11.1 Å². The van der Waals surface area contributed by atoms with Crippen LogP contribution in [0.25, 0.3) is 11.2 Å². The van der Waals surface area contributed by atoms with Gasteiger partial charge in [-0.05, 0) is 42.0 Å². The summed E-state index contributed by atoms with van der Waals surface area (Å²) in [5, 5.41) is 2.57. The van der Waals surface area contributed by atoms with Crippen molar-refractivity contribution in [1.82, 2.24) is 18.7 Å². The number of ether oxygens (including phenoxy) is 1. The number of amides is 1. The number of imidazole rings is 1. The Bertz CT molecular complexity index is 1690. The van der Waals surface area contributed by atoms with Crippen LogP contribution in [-0.4, -0.2) is 36.7 Å². The summed E-state index contributed by atoms with van der Waals surface area (Å²) in [6.07, 6.45) is -9.47. The first kappa shape index (κ1) is 28.8. The topological polar surface area (TPSA) is 100 Å². The molecule has 212 valence electrons. The van der Waals surface area contributed by atoms with Crippen LogP contribution in [0, 0.1) is 0 Å². The molecule has 16 heteroatoms. The SMILES string of the molecule is Cn1c(=O)c2c(nc(SCC(=O)Nc3ccc(OC(F)(F)F)cc3)n2Cc2cccc(C(F)(F)F)c2)n(C)c1=O. The monoisotopic (exact) mass is 587 g/mol. The number of aromatic nitrogens is 4. The average Bonchev–Trinajstić information content (AvgIpc) is 3.23. The average molecular weight is 588 g/mol. The summed E-state index contributed by atoms with van der Waals surface area (Å²) in [4.78, 5) is 42.3. The second kappa shape index (κ2) is 10.7. The number of carbonyl (C=O) groups is 1. The van der Waals surface area contributed by atoms with Crippen molar-refractivity contribution >= 4 is 34.5 Å². The first-order valence-electron chi connectivity index (χ1n) is 11.2. The van der Waals surface area contributed by atoms with Gasteiger partial charge >= 0.3 is 18.2 Å². The fourth-order valence-electron chi connectivity index (χ4n) is 3.78. The summed E-state index contributed by atoms with van der Waals surface area (Å²) in [7, 11) is 2.62. The van der Waals surface area contributed by atoms with Crippen molar-refractivity contribution in [1.29, 1.82) is 0 Å². The molecule has 0 unspecified atom stereocenters. The molecular weight excluding hydrogens is 568 g/mol. The molecule has 0 saturated carbocycles. The van der Waals surface area contributed by atoms with Crippen molar-refractivity contribution in [2.24, 2.45) is 14.1 Å². The largest absolute Gasteiger partial charge is 0.573 e. The normalized spacial score (nSPS) is 12.1. The van der Waals surface area contributed by atoms with Crippen LogP contribution < -0.4 is 21.3 Å². The minimum Gasteiger partial charge on any atom is -0.406 e. The molecule has 2 aromatic heterocycles. The highest BCUT2D eigenvalue weighted by atomic mass is 32.2. The van der Waals surface area contributed by atoms with E-state index in [9.17, 15) is 40.7 Å². The maximum absolute atomic E-state index is 13.3. The van der Waals surface area contributed by atoms with E-state index in [2.05, 4.69) is 15.0 Å². The Morgan fingerprint density at radius 1 is 1.00 bits per heavy atom. The molecule has 0 saturated heterocycles. The van der Waals surface area contributed by atoms with E-state index in [0.717, 1.165) is 45.2 Å². The van der Waals surface area contributed by atoms with Crippen molar-refractivity contribution < 1.29 is 35.9 Å². The molecule has 0 radical (unpaired) electrons. The van der Waals surface area contributed by atoms with E-state index >= 15 is 0 Å². The van der Waals surface area contributed by atoms with Gasteiger partial charge in [0.1, 0.15) is 5.75 Å². The quantitative estimate of drug-likeness (QED) is 0.258. The minimum atomic E-state index is -4.87. The molecule has 4 aromatic rings. The molecular formula is C24H19F6N5O4S. The number of rotatable bonds is 7. The number of anilines is 1. The van der Waals surface area contributed by atoms with Crippen LogP contribution >= 0.6 is 11.8 Å². The zero-order chi connectivity index (χ0) is 29.4. The Kier molecular flexibility index (Phi) is 7.74. The first-order chi connectivity index (χ1) is 18.6. The molecule has 2 aromatic carbocycles. The third-order valence-corrected chi connectivity index (χ3v) is 6.59. The number of hydrogen-bond donors (Lipinski definition) is 1. The molecule has 9 nitrogen and oxygen atoms in total. The Morgan fingerprint density at radius 3 is 2.30 bits per heavy atom. The summed E-state index contributed by atoms with van der Waals surface area (Å²) in [5.41, 5.74) is -2.00. The molecule has 0 spiro atoms. The van der Waals surface area contributed by atoms with Gasteiger partial charge in [-0.3, -0.25) is 18.7 Å². The van der Waals surface area contributed by atoms with Crippen LogP contribution in [-0.2, 0) is 31.6 Å². The van der Waals surface area contributed by atoms with Crippen LogP contribution in [0.5, 0.6) is 5.75 Å². The van der Waals surface area contributed by atoms with E-state index in [1.807, 2.05) is 0 Å². The molecule has 0 atom stereocenters. The lowest BCUT2D eigenvalue weighted by molar-refractivity contribution is -0.274. The fraction of sp³-hybridized carbons (Fsp3) is 0.250. The van der Waals surface area contributed by atoms with Gasteiger partial charge in [-0.1, -0.05) is 23.9 Å². The minimum absolute atomic E-state index is 0.0248. The van der Waals surface area contributed by atoms with Crippen molar-refractivity contribution in [3.05, 3.63) is 80.5 Å². The Hall–Kier alpha value is -4.21. The van der Waals surface area contributed by atoms with Gasteiger partial charge in [0.05, 0.1) is 17.9 Å². The molecule has 0 bridgehead atoms. The second-order valence-electron chi connectivity index (χ2n) is 8.47. The summed E-state index contributed by atoms with van der Waals surface area (Å²) in [6.45, 7) is -0.224. The predicted octanol–water partition coefficient (Wildman–Crippen LogP) is 4.13. The van der Waals surface area contributed by atoms with E-state index in [-0.39, 0.29) is 39.9 Å². The van der Waals surface area contributed by atoms with Gasteiger partial charge in [0.25, 0.3) is 5.56 Å². The highest BCUT2D eigenvalue weighted by Gasteiger charge is 2.31. The van der Waals surface area contributed by atoms with Crippen LogP contribution in [0.3, 0.4) is 0 Å². The van der Waals surface area contributed by atoms with Gasteiger partial charge in [-0.25, -0.2) is 9.78 Å². The zero-order valence-electron chi connectivity index (χ0n) is 20.6. The lowest BCUT2D eigenvalue weighted by Crippen LogP contribution is -2.37. The number of halogens is 6. The Morgan fingerprint density at radius 2 is 1.68 bits per heavy atom. The maximum atomic E-state index is 13.3. The third-order valence-electron chi connectivity index (χ3n) is 5.61. The molecule has 1 amide bonds. The number of alkyl halides is 6. The molecule has 40 heavy (non-hydrogen) atoms. The lowest BCUT2D eigenvalue weighted by Gasteiger charge is -2.12. The van der Waals surface area contributed by atoms with Crippen molar-refractivity contribution in [3.8, 4) is 5.75 Å². The number of fused-ring (bicyclic) bond motifs is 1. The standard InChI is InChI=1S/C24H19F6N5O4S/c1-33-19-18(20(37)34(2)22(33)38)35(11-13-4-3-5-14(10-13)23(25,26)27)21(32-19)40-12-17(36)31-15-6-8-16(9-7-15)39-24(28,29)30/h3-10H,11-12H2,1-2H3,(H,31,36). The summed E-state index contributed by atoms with van der Waals surface area (Å²) in [6, 6.07) is 8.91. The second-order valence-corrected chi connectivity index (χ2v) is 9.41. The number of carbonyl (C=O) groups excluding carboxylic acids is 1. The van der Waals surface area contributed by atoms with Crippen LogP contribution in [0.4, 0.5) is 32.0 Å². The predicted molar refractivity (Wildman–Crippen MR) is 133 cm³/mol. The van der Waals surface area contributed by atoms with E-state index in [1.165, 1.54) is 42.9 Å². The Balaban J connectivity index is 1.62. The van der Waals surface area contributed by atoms with Gasteiger partial charge in [0.15, 0.2) is 16.3 Å². The van der Waals surface area contributed by atoms with E-state index in [1.54, 1.807) is 0 Å². The van der Waals surface area contributed by atoms with Gasteiger partial charge in [0.2, 0.25) is 5.91 Å². The maximum Gasteiger partial charge on any atom is 0.573 e. The van der Waals surface area contributed by atoms with Crippen LogP contribution in [0.15, 0.2) is 63.3 Å². The molecule has 0 aliphatic carbocycles.